The van der Waals surface area contributed by atoms with Crippen LogP contribution in [0.5, 0.6) is 0 Å². The van der Waals surface area contributed by atoms with Crippen LogP contribution in [0.4, 0.5) is 5.82 Å². The van der Waals surface area contributed by atoms with E-state index in [4.69, 9.17) is 10.4 Å². The van der Waals surface area contributed by atoms with Crippen LogP contribution < -0.4 is 11.2 Å². The van der Waals surface area contributed by atoms with Gasteiger partial charge in [-0.3, -0.25) is 9.69 Å². The van der Waals surface area contributed by atoms with Gasteiger partial charge in [0.15, 0.2) is 5.69 Å². The number of nitrogens with two attached hydrogens (primary N) is 1. The maximum absolute atomic E-state index is 12.8. The van der Waals surface area contributed by atoms with Gasteiger partial charge < -0.3 is 5.73 Å². The molecule has 0 saturated carbocycles. The number of carbonyl (C=O) groups excluding carboxylic acids is 1. The lowest BCUT2D eigenvalue weighted by Crippen LogP contribution is -2.28. The topological polar surface area (TPSA) is 140 Å². The molecule has 0 saturated heterocycles. The van der Waals surface area contributed by atoms with Crippen molar-refractivity contribution in [3.8, 4) is 5.82 Å². The maximum atomic E-state index is 12.8. The minimum Gasteiger partial charge on any atom is -0.378 e. The standard InChI is InChI=1S/C18H25N9O2S/c1-4-8-26(9-5-2)11-14-15(21-25-27(14)17-16(19)23-29-24-17)18(28)22-20-10-13-7-6-12(3)30-13/h6-7,10H,4-5,8-9,11H2,1-3H3,(H2,19,23)(H,22,28)/b20-10+. The van der Waals surface area contributed by atoms with Crippen molar-refractivity contribution >= 4 is 29.3 Å². The van der Waals surface area contributed by atoms with Gasteiger partial charge in [0.25, 0.3) is 5.91 Å². The molecule has 3 heterocycles. The summed E-state index contributed by atoms with van der Waals surface area (Å²) in [5.41, 5.74) is 9.04. The molecule has 0 fully saturated rings. The number of carbonyl (C=O) groups is 1. The summed E-state index contributed by atoms with van der Waals surface area (Å²) >= 11 is 1.58. The third-order valence-electron chi connectivity index (χ3n) is 4.25. The number of nitrogens with one attached hydrogen (secondary N) is 1. The molecule has 12 heteroatoms. The Hall–Kier alpha value is -3.12. The number of anilines is 1. The van der Waals surface area contributed by atoms with Gasteiger partial charge in [-0.1, -0.05) is 19.1 Å². The highest BCUT2D eigenvalue weighted by Gasteiger charge is 2.25. The van der Waals surface area contributed by atoms with Crippen LogP contribution >= 0.6 is 11.3 Å². The van der Waals surface area contributed by atoms with Gasteiger partial charge in [0.2, 0.25) is 11.6 Å². The van der Waals surface area contributed by atoms with E-state index in [0.29, 0.717) is 12.2 Å². The number of hydrogen-bond donors (Lipinski definition) is 2. The Bertz CT molecular complexity index is 1000. The normalized spacial score (nSPS) is 11.6. The number of rotatable bonds is 10. The van der Waals surface area contributed by atoms with Crippen LogP contribution in [0.2, 0.25) is 0 Å². The minimum absolute atomic E-state index is 0.0664. The predicted molar refractivity (Wildman–Crippen MR) is 114 cm³/mol. The van der Waals surface area contributed by atoms with Crippen molar-refractivity contribution in [1.82, 2.24) is 35.6 Å². The summed E-state index contributed by atoms with van der Waals surface area (Å²) in [4.78, 5) is 17.1. The van der Waals surface area contributed by atoms with Crippen molar-refractivity contribution < 1.29 is 9.42 Å². The molecule has 30 heavy (non-hydrogen) atoms. The number of amides is 1. The zero-order valence-corrected chi connectivity index (χ0v) is 18.0. The minimum atomic E-state index is -0.469. The molecule has 3 aromatic heterocycles. The van der Waals surface area contributed by atoms with Crippen LogP contribution in [0.15, 0.2) is 21.9 Å². The SMILES string of the molecule is CCCN(CCC)Cc1c(C(=O)N/N=C/c2ccc(C)s2)nnn1-c1nonc1N. The van der Waals surface area contributed by atoms with Crippen molar-refractivity contribution in [2.45, 2.75) is 40.2 Å². The highest BCUT2D eigenvalue weighted by Crippen LogP contribution is 2.18. The first-order chi connectivity index (χ1) is 14.5. The van der Waals surface area contributed by atoms with E-state index >= 15 is 0 Å². The van der Waals surface area contributed by atoms with Crippen LogP contribution in [-0.4, -0.2) is 55.4 Å². The molecule has 0 aliphatic carbocycles. The lowest BCUT2D eigenvalue weighted by Gasteiger charge is -2.21. The Kier molecular flexibility index (Phi) is 7.25. The fourth-order valence-corrected chi connectivity index (χ4v) is 3.72. The van der Waals surface area contributed by atoms with Crippen molar-refractivity contribution in [1.29, 1.82) is 0 Å². The zero-order chi connectivity index (χ0) is 21.5. The summed E-state index contributed by atoms with van der Waals surface area (Å²) in [6.07, 6.45) is 3.54. The molecular formula is C18H25N9O2S. The van der Waals surface area contributed by atoms with Crippen LogP contribution in [0.1, 0.15) is 52.6 Å². The van der Waals surface area contributed by atoms with Gasteiger partial charge in [-0.15, -0.1) is 16.4 Å². The fourth-order valence-electron chi connectivity index (χ4n) is 2.97. The third-order valence-corrected chi connectivity index (χ3v) is 5.18. The Morgan fingerprint density at radius 1 is 1.33 bits per heavy atom. The molecule has 0 aliphatic heterocycles. The second-order valence-corrected chi connectivity index (χ2v) is 8.01. The van der Waals surface area contributed by atoms with Crippen molar-refractivity contribution in [2.24, 2.45) is 5.10 Å². The van der Waals surface area contributed by atoms with Gasteiger partial charge >= 0.3 is 0 Å². The number of aryl methyl sites for hydroxylation is 1. The zero-order valence-electron chi connectivity index (χ0n) is 17.2. The van der Waals surface area contributed by atoms with E-state index in [0.717, 1.165) is 30.8 Å². The monoisotopic (exact) mass is 431 g/mol. The van der Waals surface area contributed by atoms with E-state index < -0.39 is 5.91 Å². The Morgan fingerprint density at radius 2 is 2.10 bits per heavy atom. The second-order valence-electron chi connectivity index (χ2n) is 6.69. The van der Waals surface area contributed by atoms with E-state index in [1.165, 1.54) is 9.56 Å². The third kappa shape index (κ3) is 5.07. The van der Waals surface area contributed by atoms with E-state index in [2.05, 4.69) is 49.9 Å². The van der Waals surface area contributed by atoms with Gasteiger partial charge in [0.05, 0.1) is 11.9 Å². The van der Waals surface area contributed by atoms with E-state index in [1.807, 2.05) is 19.1 Å². The summed E-state index contributed by atoms with van der Waals surface area (Å²) in [6, 6.07) is 3.93. The van der Waals surface area contributed by atoms with Gasteiger partial charge in [0.1, 0.15) is 0 Å². The molecular weight excluding hydrogens is 406 g/mol. The molecule has 0 aromatic carbocycles. The summed E-state index contributed by atoms with van der Waals surface area (Å²) in [6.45, 7) is 8.38. The van der Waals surface area contributed by atoms with Gasteiger partial charge in [-0.25, -0.2) is 10.1 Å². The highest BCUT2D eigenvalue weighted by molar-refractivity contribution is 7.13. The lowest BCUT2D eigenvalue weighted by atomic mass is 10.2. The maximum Gasteiger partial charge on any atom is 0.293 e. The van der Waals surface area contributed by atoms with Crippen LogP contribution in [0, 0.1) is 6.92 Å². The van der Waals surface area contributed by atoms with Crippen molar-refractivity contribution in [3.05, 3.63) is 33.3 Å². The Labute approximate surface area is 177 Å². The van der Waals surface area contributed by atoms with Gasteiger partial charge in [0, 0.05) is 16.3 Å². The van der Waals surface area contributed by atoms with Crippen LogP contribution in [0.3, 0.4) is 0 Å². The summed E-state index contributed by atoms with van der Waals surface area (Å²) in [5.74, 6) is -0.206. The molecule has 0 radical (unpaired) electrons. The molecule has 160 valence electrons. The highest BCUT2D eigenvalue weighted by atomic mass is 32.1. The molecule has 0 spiro atoms. The molecule has 3 rings (SSSR count). The number of thiophene rings is 1. The first-order valence-electron chi connectivity index (χ1n) is 9.68. The molecule has 1 amide bonds. The summed E-state index contributed by atoms with van der Waals surface area (Å²) in [7, 11) is 0. The fraction of sp³-hybridized carbons (Fsp3) is 0.444. The van der Waals surface area contributed by atoms with Crippen LogP contribution in [-0.2, 0) is 6.54 Å². The number of hydrazone groups is 1. The number of aromatic nitrogens is 5. The van der Waals surface area contributed by atoms with Crippen LogP contribution in [0.25, 0.3) is 5.82 Å². The average Bonchev–Trinajstić information content (AvgIpc) is 3.42. The largest absolute Gasteiger partial charge is 0.378 e. The number of hydrogen-bond acceptors (Lipinski definition) is 10. The lowest BCUT2D eigenvalue weighted by molar-refractivity contribution is 0.0947. The molecule has 11 nitrogen and oxygen atoms in total. The molecule has 3 N–H and O–H groups in total. The summed E-state index contributed by atoms with van der Waals surface area (Å²) in [5, 5.41) is 19.5. The average molecular weight is 432 g/mol. The predicted octanol–water partition coefficient (Wildman–Crippen LogP) is 1.99. The van der Waals surface area contributed by atoms with Gasteiger partial charge in [-0.2, -0.15) is 9.78 Å². The molecule has 0 bridgehead atoms. The van der Waals surface area contributed by atoms with E-state index in [1.54, 1.807) is 17.6 Å². The number of nitrogens with zero attached hydrogens (tertiary/aromatic N) is 7. The van der Waals surface area contributed by atoms with E-state index in [9.17, 15) is 4.79 Å². The quantitative estimate of drug-likeness (QED) is 0.367. The number of nitrogen functional groups attached to an aromatic ring is 1. The van der Waals surface area contributed by atoms with Gasteiger partial charge in [-0.05, 0) is 55.3 Å². The Morgan fingerprint density at radius 3 is 2.70 bits per heavy atom. The first-order valence-corrected chi connectivity index (χ1v) is 10.5. The Balaban J connectivity index is 1.87. The smallest absolute Gasteiger partial charge is 0.293 e. The van der Waals surface area contributed by atoms with Crippen molar-refractivity contribution in [3.63, 3.8) is 0 Å². The molecule has 0 atom stereocenters. The second kappa shape index (κ2) is 10.1. The molecule has 0 unspecified atom stereocenters. The summed E-state index contributed by atoms with van der Waals surface area (Å²) < 4.78 is 6.08. The molecule has 0 aliphatic rings. The van der Waals surface area contributed by atoms with E-state index in [-0.39, 0.29) is 17.3 Å². The first kappa shape index (κ1) is 21.6. The van der Waals surface area contributed by atoms with Crippen molar-refractivity contribution in [2.75, 3.05) is 18.8 Å². The molecule has 3 aromatic rings.